The molecule has 0 radical (unpaired) electrons. The lowest BCUT2D eigenvalue weighted by atomic mass is 10.1. The maximum atomic E-state index is 5.41. The highest BCUT2D eigenvalue weighted by Gasteiger charge is 2.23. The first-order valence-electron chi connectivity index (χ1n) is 7.97. The van der Waals surface area contributed by atoms with Crippen LogP contribution in [0.15, 0.2) is 30.3 Å². The fourth-order valence-corrected chi connectivity index (χ4v) is 3.30. The lowest BCUT2D eigenvalue weighted by molar-refractivity contribution is 0.0770. The van der Waals surface area contributed by atoms with E-state index in [4.69, 9.17) is 4.74 Å². The van der Waals surface area contributed by atoms with Crippen LogP contribution in [0.4, 0.5) is 0 Å². The van der Waals surface area contributed by atoms with Crippen molar-refractivity contribution in [3.05, 3.63) is 35.9 Å². The summed E-state index contributed by atoms with van der Waals surface area (Å²) in [6, 6.07) is 11.5. The molecule has 2 fully saturated rings. The van der Waals surface area contributed by atoms with E-state index in [1.54, 1.807) is 0 Å². The van der Waals surface area contributed by atoms with Crippen molar-refractivity contribution in [2.75, 3.05) is 32.8 Å². The third-order valence-corrected chi connectivity index (χ3v) is 4.54. The number of likely N-dealkylation sites (tertiary alicyclic amines) is 1. The summed E-state index contributed by atoms with van der Waals surface area (Å²) in [7, 11) is 0. The van der Waals surface area contributed by atoms with E-state index in [0.717, 1.165) is 25.7 Å². The van der Waals surface area contributed by atoms with Gasteiger partial charge in [-0.15, -0.1) is 0 Å². The molecule has 1 N–H and O–H groups in total. The molecule has 0 spiro atoms. The molecular formula is C17H26N2O. The number of hydrogen-bond donors (Lipinski definition) is 1. The van der Waals surface area contributed by atoms with Crippen LogP contribution in [-0.4, -0.2) is 43.8 Å². The average Bonchev–Trinajstić information content (AvgIpc) is 2.95. The Bertz CT molecular complexity index is 389. The molecule has 2 heterocycles. The van der Waals surface area contributed by atoms with Gasteiger partial charge < -0.3 is 10.1 Å². The number of nitrogens with zero attached hydrogens (tertiary/aromatic N) is 1. The number of ether oxygens (including phenoxy) is 1. The Morgan fingerprint density at radius 2 is 1.90 bits per heavy atom. The summed E-state index contributed by atoms with van der Waals surface area (Å²) in [6.07, 6.45) is 3.70. The van der Waals surface area contributed by atoms with E-state index < -0.39 is 0 Å². The van der Waals surface area contributed by atoms with Crippen LogP contribution < -0.4 is 5.32 Å². The minimum absolute atomic E-state index is 0.687. The summed E-state index contributed by atoms with van der Waals surface area (Å²) >= 11 is 0. The second kappa shape index (κ2) is 7.21. The van der Waals surface area contributed by atoms with E-state index in [0.29, 0.717) is 6.04 Å². The van der Waals surface area contributed by atoms with Gasteiger partial charge in [-0.05, 0) is 43.8 Å². The van der Waals surface area contributed by atoms with E-state index >= 15 is 0 Å². The van der Waals surface area contributed by atoms with Gasteiger partial charge in [0, 0.05) is 32.3 Å². The number of hydrogen-bond acceptors (Lipinski definition) is 3. The lowest BCUT2D eigenvalue weighted by Crippen LogP contribution is -2.38. The van der Waals surface area contributed by atoms with Crippen LogP contribution in [0.2, 0.25) is 0 Å². The highest BCUT2D eigenvalue weighted by atomic mass is 16.5. The average molecular weight is 274 g/mol. The summed E-state index contributed by atoms with van der Waals surface area (Å²) in [4.78, 5) is 2.59. The molecule has 0 amide bonds. The fraction of sp³-hybridized carbons (Fsp3) is 0.647. The van der Waals surface area contributed by atoms with Gasteiger partial charge in [-0.25, -0.2) is 0 Å². The Kier molecular flexibility index (Phi) is 5.06. The molecule has 3 heteroatoms. The predicted molar refractivity (Wildman–Crippen MR) is 81.7 cm³/mol. The first kappa shape index (κ1) is 14.1. The summed E-state index contributed by atoms with van der Waals surface area (Å²) in [5.74, 6) is 0.821. The topological polar surface area (TPSA) is 24.5 Å². The van der Waals surface area contributed by atoms with Crippen molar-refractivity contribution in [3.63, 3.8) is 0 Å². The van der Waals surface area contributed by atoms with Crippen LogP contribution in [0.25, 0.3) is 0 Å². The first-order valence-corrected chi connectivity index (χ1v) is 7.97. The van der Waals surface area contributed by atoms with Gasteiger partial charge in [0.25, 0.3) is 0 Å². The Balaban J connectivity index is 1.38. The van der Waals surface area contributed by atoms with Gasteiger partial charge >= 0.3 is 0 Å². The van der Waals surface area contributed by atoms with Crippen molar-refractivity contribution in [1.29, 1.82) is 0 Å². The highest BCUT2D eigenvalue weighted by Crippen LogP contribution is 2.18. The van der Waals surface area contributed by atoms with Gasteiger partial charge in [-0.1, -0.05) is 30.3 Å². The van der Waals surface area contributed by atoms with E-state index in [9.17, 15) is 0 Å². The number of rotatable bonds is 5. The second-order valence-electron chi connectivity index (χ2n) is 6.17. The summed E-state index contributed by atoms with van der Waals surface area (Å²) in [5, 5.41) is 3.74. The Hall–Kier alpha value is -0.900. The van der Waals surface area contributed by atoms with Gasteiger partial charge in [0.15, 0.2) is 0 Å². The lowest BCUT2D eigenvalue weighted by Gasteiger charge is -2.25. The molecule has 110 valence electrons. The molecule has 0 unspecified atom stereocenters. The smallest absolute Gasteiger partial charge is 0.0480 e. The Morgan fingerprint density at radius 3 is 2.70 bits per heavy atom. The Morgan fingerprint density at radius 1 is 1.10 bits per heavy atom. The van der Waals surface area contributed by atoms with Crippen molar-refractivity contribution in [2.24, 2.45) is 5.92 Å². The fourth-order valence-electron chi connectivity index (χ4n) is 3.30. The van der Waals surface area contributed by atoms with Crippen LogP contribution in [0, 0.1) is 5.92 Å². The quantitative estimate of drug-likeness (QED) is 0.891. The Labute approximate surface area is 122 Å². The predicted octanol–water partition coefficient (Wildman–Crippen LogP) is 2.28. The molecule has 0 bridgehead atoms. The first-order chi connectivity index (χ1) is 9.90. The van der Waals surface area contributed by atoms with Crippen molar-refractivity contribution >= 4 is 0 Å². The van der Waals surface area contributed by atoms with Gasteiger partial charge in [-0.2, -0.15) is 0 Å². The zero-order valence-electron chi connectivity index (χ0n) is 12.3. The molecule has 2 aliphatic rings. The van der Waals surface area contributed by atoms with E-state index in [1.165, 1.54) is 44.5 Å². The van der Waals surface area contributed by atoms with Crippen LogP contribution >= 0.6 is 0 Å². The van der Waals surface area contributed by atoms with Gasteiger partial charge in [0.1, 0.15) is 0 Å². The zero-order chi connectivity index (χ0) is 13.6. The van der Waals surface area contributed by atoms with Crippen molar-refractivity contribution in [1.82, 2.24) is 10.2 Å². The van der Waals surface area contributed by atoms with Crippen molar-refractivity contribution in [3.8, 4) is 0 Å². The number of benzene rings is 1. The van der Waals surface area contributed by atoms with Gasteiger partial charge in [0.05, 0.1) is 0 Å². The largest absolute Gasteiger partial charge is 0.381 e. The number of nitrogens with one attached hydrogen (secondary N) is 1. The molecule has 2 saturated heterocycles. The minimum Gasteiger partial charge on any atom is -0.381 e. The molecule has 0 aromatic heterocycles. The summed E-state index contributed by atoms with van der Waals surface area (Å²) in [6.45, 7) is 6.63. The molecule has 1 aromatic carbocycles. The van der Waals surface area contributed by atoms with E-state index in [2.05, 4.69) is 40.5 Å². The maximum Gasteiger partial charge on any atom is 0.0480 e. The third-order valence-electron chi connectivity index (χ3n) is 4.54. The minimum atomic E-state index is 0.687. The van der Waals surface area contributed by atoms with Gasteiger partial charge in [0.2, 0.25) is 0 Å². The molecule has 20 heavy (non-hydrogen) atoms. The monoisotopic (exact) mass is 274 g/mol. The second-order valence-corrected chi connectivity index (χ2v) is 6.17. The molecule has 3 nitrogen and oxygen atoms in total. The van der Waals surface area contributed by atoms with Crippen LogP contribution in [0.5, 0.6) is 0 Å². The van der Waals surface area contributed by atoms with E-state index in [-0.39, 0.29) is 0 Å². The normalized spacial score (nSPS) is 25.1. The molecule has 2 aliphatic heterocycles. The van der Waals surface area contributed by atoms with E-state index in [1.807, 2.05) is 0 Å². The zero-order valence-corrected chi connectivity index (χ0v) is 12.3. The third kappa shape index (κ3) is 4.05. The SMILES string of the molecule is c1ccc(CN2CC[C@H](CNC3CCOCC3)C2)cc1. The molecule has 1 aromatic rings. The molecule has 1 atom stereocenters. The van der Waals surface area contributed by atoms with Gasteiger partial charge in [-0.3, -0.25) is 4.90 Å². The van der Waals surface area contributed by atoms with Crippen LogP contribution in [-0.2, 0) is 11.3 Å². The maximum absolute atomic E-state index is 5.41. The molecule has 0 saturated carbocycles. The van der Waals surface area contributed by atoms with Crippen molar-refractivity contribution < 1.29 is 4.74 Å². The molecule has 3 rings (SSSR count). The standard InChI is InChI=1S/C17H26N2O/c1-2-4-15(5-3-1)13-19-9-6-16(14-19)12-18-17-7-10-20-11-8-17/h1-5,16-18H,6-14H2/t16-/m1/s1. The molecular weight excluding hydrogens is 248 g/mol. The van der Waals surface area contributed by atoms with Crippen LogP contribution in [0.3, 0.4) is 0 Å². The molecule has 0 aliphatic carbocycles. The highest BCUT2D eigenvalue weighted by molar-refractivity contribution is 5.14. The van der Waals surface area contributed by atoms with Crippen LogP contribution in [0.1, 0.15) is 24.8 Å². The van der Waals surface area contributed by atoms with Crippen molar-refractivity contribution in [2.45, 2.75) is 31.8 Å². The summed E-state index contributed by atoms with van der Waals surface area (Å²) < 4.78 is 5.41. The summed E-state index contributed by atoms with van der Waals surface area (Å²) in [5.41, 5.74) is 1.44.